The highest BCUT2D eigenvalue weighted by Gasteiger charge is 2.36. The number of ketones is 2. The van der Waals surface area contributed by atoms with Gasteiger partial charge in [0.1, 0.15) is 12.1 Å². The number of hydrogen-bond acceptors (Lipinski definition) is 8. The van der Waals surface area contributed by atoms with E-state index in [2.05, 4.69) is 19.2 Å². The third kappa shape index (κ3) is 16.8. The fourth-order valence-electron chi connectivity index (χ4n) is 1.88. The molecule has 1 rings (SSSR count). The van der Waals surface area contributed by atoms with Gasteiger partial charge >= 0.3 is 24.3 Å². The maximum absolute atomic E-state index is 12.4. The zero-order valence-electron chi connectivity index (χ0n) is 20.4. The number of nitrogens with zero attached hydrogens (tertiary/aromatic N) is 1. The van der Waals surface area contributed by atoms with Crippen molar-refractivity contribution in [1.82, 2.24) is 4.98 Å². The van der Waals surface area contributed by atoms with Crippen molar-refractivity contribution >= 4 is 46.7 Å². The molecule has 0 saturated carbocycles. The molecule has 16 heteroatoms. The molecule has 0 radical (unpaired) electrons. The maximum atomic E-state index is 12.4. The summed E-state index contributed by atoms with van der Waals surface area (Å²) in [5.74, 6) is -3.87. The minimum atomic E-state index is -4.80. The van der Waals surface area contributed by atoms with Crippen LogP contribution in [0.4, 0.5) is 26.3 Å². The quantitative estimate of drug-likeness (QED) is 0.0874. The molecular weight excluding hydrogens is 575 g/mol. The smallest absolute Gasteiger partial charge is 0.454 e. The maximum Gasteiger partial charge on any atom is 0.454 e. The Hall–Kier alpha value is -2.87. The van der Waals surface area contributed by atoms with Gasteiger partial charge in [0.05, 0.1) is 49.1 Å². The molecule has 0 aliphatic rings. The summed E-state index contributed by atoms with van der Waals surface area (Å²) in [4.78, 5) is 45.7. The highest BCUT2D eigenvalue weighted by atomic mass is 35.5. The van der Waals surface area contributed by atoms with Gasteiger partial charge in [-0.25, -0.2) is 9.78 Å². The van der Waals surface area contributed by atoms with Crippen LogP contribution in [0.25, 0.3) is 0 Å². The summed E-state index contributed by atoms with van der Waals surface area (Å²) < 4.78 is 84.9. The lowest BCUT2D eigenvalue weighted by Crippen LogP contribution is -2.19. The summed E-state index contributed by atoms with van der Waals surface area (Å²) in [5, 5.41) is 0. The van der Waals surface area contributed by atoms with Gasteiger partial charge in [-0.15, -0.1) is 23.2 Å². The van der Waals surface area contributed by atoms with Gasteiger partial charge in [-0.2, -0.15) is 26.3 Å². The molecule has 1 aromatic rings. The topological polar surface area (TPSA) is 109 Å². The number of halogens is 8. The molecule has 0 fully saturated rings. The molecule has 216 valence electrons. The average Bonchev–Trinajstić information content (AvgIpc) is 2.83. The molecule has 0 atom stereocenters. The number of alkyl halides is 8. The van der Waals surface area contributed by atoms with Crippen LogP contribution in [0.15, 0.2) is 24.5 Å². The van der Waals surface area contributed by atoms with Crippen LogP contribution in [-0.4, -0.2) is 60.4 Å². The zero-order valence-corrected chi connectivity index (χ0v) is 21.9. The molecule has 38 heavy (non-hydrogen) atoms. The van der Waals surface area contributed by atoms with Crippen LogP contribution in [0.3, 0.4) is 0 Å². The SMILES string of the molecule is CCO/C=C/C(=O)C(F)(F)F.CCOC(=O)CC(=O)CCl.CCOC(=O)c1ccc(C(F)(F)F)nc1CCl. The van der Waals surface area contributed by atoms with E-state index in [1.54, 1.807) is 20.8 Å². The molecule has 1 aromatic heterocycles. The van der Waals surface area contributed by atoms with Gasteiger partial charge in [0.25, 0.3) is 5.78 Å². The van der Waals surface area contributed by atoms with Crippen LogP contribution in [0.1, 0.15) is 48.9 Å². The predicted octanol–water partition coefficient (Wildman–Crippen LogP) is 5.43. The van der Waals surface area contributed by atoms with E-state index in [0.29, 0.717) is 12.7 Å². The largest absolute Gasteiger partial charge is 0.501 e. The Morgan fingerprint density at radius 2 is 1.50 bits per heavy atom. The first-order valence-corrected chi connectivity index (χ1v) is 11.6. The van der Waals surface area contributed by atoms with Gasteiger partial charge < -0.3 is 14.2 Å². The molecule has 8 nitrogen and oxygen atoms in total. The Balaban J connectivity index is 0. The fraction of sp³-hybridized carbons (Fsp3) is 0.500. The van der Waals surface area contributed by atoms with Crippen LogP contribution in [0.2, 0.25) is 0 Å². The van der Waals surface area contributed by atoms with Crippen LogP contribution >= 0.6 is 23.2 Å². The number of allylic oxidation sites excluding steroid dienone is 1. The number of pyridine rings is 1. The van der Waals surface area contributed by atoms with E-state index in [4.69, 9.17) is 23.2 Å². The Morgan fingerprint density at radius 3 is 1.92 bits per heavy atom. The number of Topliss-reactive ketones (excluding diaryl/α,β-unsaturated/α-hetero) is 1. The molecule has 0 aromatic carbocycles. The Morgan fingerprint density at radius 1 is 0.921 bits per heavy atom. The van der Waals surface area contributed by atoms with Gasteiger partial charge in [-0.1, -0.05) is 0 Å². The summed E-state index contributed by atoms with van der Waals surface area (Å²) in [7, 11) is 0. The molecule has 0 spiro atoms. The van der Waals surface area contributed by atoms with Crippen molar-refractivity contribution in [2.45, 2.75) is 45.4 Å². The van der Waals surface area contributed by atoms with Crippen molar-refractivity contribution in [2.75, 3.05) is 25.7 Å². The third-order valence-corrected chi connectivity index (χ3v) is 4.00. The molecule has 1 heterocycles. The molecule has 0 aliphatic heterocycles. The first-order chi connectivity index (χ1) is 17.6. The molecule has 0 unspecified atom stereocenters. The lowest BCUT2D eigenvalue weighted by Gasteiger charge is -2.10. The van der Waals surface area contributed by atoms with Crippen LogP contribution in [-0.2, 0) is 40.7 Å². The number of esters is 2. The molecule has 0 amide bonds. The molecule has 0 N–H and O–H groups in total. The number of hydrogen-bond donors (Lipinski definition) is 0. The second kappa shape index (κ2) is 19.2. The third-order valence-electron chi connectivity index (χ3n) is 3.44. The first-order valence-electron chi connectivity index (χ1n) is 10.5. The normalized spacial score (nSPS) is 10.9. The van der Waals surface area contributed by atoms with E-state index in [-0.39, 0.29) is 48.4 Å². The van der Waals surface area contributed by atoms with Gasteiger partial charge in [0, 0.05) is 6.08 Å². The lowest BCUT2D eigenvalue weighted by molar-refractivity contribution is -0.165. The number of carbonyl (C=O) groups excluding carboxylic acids is 4. The number of ether oxygens (including phenoxy) is 3. The lowest BCUT2D eigenvalue weighted by atomic mass is 10.2. The predicted molar refractivity (Wildman–Crippen MR) is 124 cm³/mol. The average molecular weight is 600 g/mol. The highest BCUT2D eigenvalue weighted by molar-refractivity contribution is 6.28. The van der Waals surface area contributed by atoms with Gasteiger partial charge in [0.2, 0.25) is 0 Å². The van der Waals surface area contributed by atoms with Crippen molar-refractivity contribution in [3.05, 3.63) is 41.4 Å². The van der Waals surface area contributed by atoms with Crippen molar-refractivity contribution in [3.8, 4) is 0 Å². The Labute approximate surface area is 224 Å². The van der Waals surface area contributed by atoms with Crippen molar-refractivity contribution < 1.29 is 59.7 Å². The van der Waals surface area contributed by atoms with E-state index in [9.17, 15) is 45.5 Å². The first kappa shape index (κ1) is 37.3. The standard InChI is InChI=1S/C10H9ClF3NO2.C6H9ClO3.C6H7F3O2/c1-2-17-9(16)6-3-4-8(10(12,13)14)15-7(6)5-11;1-2-10-6(9)3-5(8)4-7;1-2-11-4-3-5(10)6(7,8)9/h3-4H,2,5H2,1H3;2-4H2,1H3;3-4H,2H2,1H3/b;;4-3+. The van der Waals surface area contributed by atoms with Crippen molar-refractivity contribution in [3.63, 3.8) is 0 Å². The molecular formula is C22H25Cl2F6NO7. The Bertz CT molecular complexity index is 938. The van der Waals surface area contributed by atoms with E-state index >= 15 is 0 Å². The monoisotopic (exact) mass is 599 g/mol. The minimum Gasteiger partial charge on any atom is -0.501 e. The summed E-state index contributed by atoms with van der Waals surface area (Å²) in [6, 6.07) is 1.74. The van der Waals surface area contributed by atoms with Crippen LogP contribution in [0.5, 0.6) is 0 Å². The van der Waals surface area contributed by atoms with Crippen LogP contribution in [0, 0.1) is 0 Å². The summed E-state index contributed by atoms with van der Waals surface area (Å²) >= 11 is 10.6. The Kier molecular flexibility index (Phi) is 18.9. The zero-order chi connectivity index (χ0) is 29.9. The van der Waals surface area contributed by atoms with Crippen molar-refractivity contribution in [2.24, 2.45) is 0 Å². The van der Waals surface area contributed by atoms with E-state index in [0.717, 1.165) is 18.4 Å². The molecule has 0 aliphatic carbocycles. The van der Waals surface area contributed by atoms with Gasteiger partial charge in [0.15, 0.2) is 5.78 Å². The molecule has 0 bridgehead atoms. The van der Waals surface area contributed by atoms with E-state index in [1.165, 1.54) is 0 Å². The summed E-state index contributed by atoms with van der Waals surface area (Å²) in [6.45, 7) is 5.54. The summed E-state index contributed by atoms with van der Waals surface area (Å²) in [5.41, 5.74) is -1.27. The van der Waals surface area contributed by atoms with Crippen LogP contribution < -0.4 is 0 Å². The molecule has 0 saturated heterocycles. The second-order valence-electron chi connectivity index (χ2n) is 6.32. The van der Waals surface area contributed by atoms with E-state index < -0.39 is 35.8 Å². The van der Waals surface area contributed by atoms with Gasteiger partial charge in [-0.3, -0.25) is 14.4 Å². The number of carbonyl (C=O) groups is 4. The number of rotatable bonds is 10. The second-order valence-corrected chi connectivity index (χ2v) is 6.85. The fourth-order valence-corrected chi connectivity index (χ4v) is 2.17. The highest BCUT2D eigenvalue weighted by Crippen LogP contribution is 2.28. The summed E-state index contributed by atoms with van der Waals surface area (Å²) in [6.07, 6.45) is -8.49. The van der Waals surface area contributed by atoms with Crippen molar-refractivity contribution in [1.29, 1.82) is 0 Å². The van der Waals surface area contributed by atoms with E-state index in [1.807, 2.05) is 0 Å². The number of aromatic nitrogens is 1. The minimum absolute atomic E-state index is 0.0464. The van der Waals surface area contributed by atoms with Gasteiger partial charge in [-0.05, 0) is 32.9 Å².